The average molecular weight is 263 g/mol. The van der Waals surface area contributed by atoms with Gasteiger partial charge in [-0.2, -0.15) is 0 Å². The normalized spacial score (nSPS) is 14.2. The van der Waals surface area contributed by atoms with Crippen molar-refractivity contribution in [3.05, 3.63) is 35.4 Å². The summed E-state index contributed by atoms with van der Waals surface area (Å²) in [5, 5.41) is 16.1. The van der Waals surface area contributed by atoms with E-state index < -0.39 is 12.0 Å². The van der Waals surface area contributed by atoms with Gasteiger partial charge < -0.3 is 22.3 Å². The van der Waals surface area contributed by atoms with Crippen molar-refractivity contribution < 1.29 is 9.90 Å². The number of hydrogen-bond acceptors (Lipinski definition) is 4. The lowest BCUT2D eigenvalue weighted by Gasteiger charge is -2.07. The fourth-order valence-corrected chi connectivity index (χ4v) is 1.34. The molecule has 0 spiro atoms. The maximum Gasteiger partial charge on any atom is 0.320 e. The Morgan fingerprint density at radius 1 is 1.26 bits per heavy atom. The summed E-state index contributed by atoms with van der Waals surface area (Å²) in [6.07, 6.45) is 0.257. The summed E-state index contributed by atoms with van der Waals surface area (Å²) in [4.78, 5) is 10.6. The molecular weight excluding hydrogens is 246 g/mol. The minimum absolute atomic E-state index is 0.235. The van der Waals surface area contributed by atoms with E-state index in [4.69, 9.17) is 22.3 Å². The monoisotopic (exact) mass is 263 g/mol. The molecule has 1 aromatic rings. The van der Waals surface area contributed by atoms with Gasteiger partial charge in [-0.3, -0.25) is 4.79 Å². The van der Waals surface area contributed by atoms with Gasteiger partial charge in [0.2, 0.25) is 0 Å². The van der Waals surface area contributed by atoms with Crippen molar-refractivity contribution in [2.24, 2.45) is 27.4 Å². The first-order valence-corrected chi connectivity index (χ1v) is 5.61. The molecule has 102 valence electrons. The first-order chi connectivity index (χ1) is 8.90. The fourth-order valence-electron chi connectivity index (χ4n) is 1.34. The third-order valence-corrected chi connectivity index (χ3v) is 2.34. The van der Waals surface area contributed by atoms with Gasteiger partial charge in [-0.15, -0.1) is 10.2 Å². The number of nitrogens with zero attached hydrogens (tertiary/aromatic N) is 2. The molecule has 7 N–H and O–H groups in total. The van der Waals surface area contributed by atoms with Gasteiger partial charge in [-0.25, -0.2) is 0 Å². The van der Waals surface area contributed by atoms with Crippen molar-refractivity contribution in [2.45, 2.75) is 19.4 Å². The topological polar surface area (TPSA) is 140 Å². The molecule has 0 fully saturated rings. The van der Waals surface area contributed by atoms with E-state index in [1.54, 1.807) is 31.2 Å². The number of benzene rings is 1. The van der Waals surface area contributed by atoms with E-state index in [9.17, 15) is 4.79 Å². The molecule has 0 saturated carbocycles. The van der Waals surface area contributed by atoms with Crippen LogP contribution in [-0.2, 0) is 11.2 Å². The first-order valence-electron chi connectivity index (χ1n) is 5.61. The number of carbonyl (C=O) groups is 1. The number of carboxylic acids is 1. The number of carboxylic acid groups (broad SMARTS) is 1. The molecule has 0 saturated heterocycles. The van der Waals surface area contributed by atoms with E-state index in [0.29, 0.717) is 11.4 Å². The summed E-state index contributed by atoms with van der Waals surface area (Å²) in [5.74, 6) is -0.483. The molecule has 1 atom stereocenters. The van der Waals surface area contributed by atoms with Crippen LogP contribution >= 0.6 is 0 Å². The average Bonchev–Trinajstić information content (AvgIpc) is 2.36. The van der Waals surface area contributed by atoms with Crippen molar-refractivity contribution >= 4 is 17.6 Å². The van der Waals surface area contributed by atoms with E-state index in [1.807, 2.05) is 0 Å². The fraction of sp³-hybridized carbons (Fsp3) is 0.250. The van der Waals surface area contributed by atoms with Crippen LogP contribution in [0.4, 0.5) is 0 Å². The van der Waals surface area contributed by atoms with Crippen molar-refractivity contribution in [1.82, 2.24) is 0 Å². The van der Waals surface area contributed by atoms with Crippen LogP contribution in [0.25, 0.3) is 0 Å². The van der Waals surface area contributed by atoms with Gasteiger partial charge >= 0.3 is 5.97 Å². The molecule has 0 aliphatic rings. The van der Waals surface area contributed by atoms with E-state index in [-0.39, 0.29) is 12.3 Å². The highest BCUT2D eigenvalue weighted by atomic mass is 16.4. The first kappa shape index (κ1) is 14.7. The molecule has 7 heteroatoms. The zero-order valence-corrected chi connectivity index (χ0v) is 10.6. The Morgan fingerprint density at radius 3 is 2.32 bits per heavy atom. The van der Waals surface area contributed by atoms with Crippen LogP contribution in [0.2, 0.25) is 0 Å². The molecule has 0 radical (unpaired) electrons. The molecule has 1 aromatic carbocycles. The van der Waals surface area contributed by atoms with E-state index in [2.05, 4.69) is 10.2 Å². The summed E-state index contributed by atoms with van der Waals surface area (Å²) in [6, 6.07) is 6.04. The highest BCUT2D eigenvalue weighted by Crippen LogP contribution is 2.06. The highest BCUT2D eigenvalue weighted by Gasteiger charge is 2.11. The van der Waals surface area contributed by atoms with Crippen molar-refractivity contribution in [2.75, 3.05) is 0 Å². The second kappa shape index (κ2) is 6.50. The molecule has 19 heavy (non-hydrogen) atoms. The molecular formula is C12H17N5O2. The summed E-state index contributed by atoms with van der Waals surface area (Å²) in [5.41, 5.74) is 18.0. The smallest absolute Gasteiger partial charge is 0.320 e. The van der Waals surface area contributed by atoms with Gasteiger partial charge in [0.25, 0.3) is 0 Å². The van der Waals surface area contributed by atoms with Crippen molar-refractivity contribution in [1.29, 1.82) is 0 Å². The Balaban J connectivity index is 2.79. The predicted molar refractivity (Wildman–Crippen MR) is 73.8 cm³/mol. The minimum Gasteiger partial charge on any atom is -0.480 e. The Hall–Kier alpha value is -2.41. The maximum atomic E-state index is 10.6. The molecule has 0 amide bonds. The largest absolute Gasteiger partial charge is 0.480 e. The van der Waals surface area contributed by atoms with E-state index in [0.717, 1.165) is 5.56 Å². The maximum absolute atomic E-state index is 10.6. The van der Waals surface area contributed by atoms with Gasteiger partial charge in [0.1, 0.15) is 11.9 Å². The van der Waals surface area contributed by atoms with Crippen LogP contribution in [0.15, 0.2) is 34.5 Å². The molecule has 0 aliphatic carbocycles. The number of hydrogen-bond donors (Lipinski definition) is 4. The number of amidine groups is 2. The molecule has 1 rings (SSSR count). The number of nitrogens with two attached hydrogens (primary N) is 3. The summed E-state index contributed by atoms with van der Waals surface area (Å²) in [6.45, 7) is 1.60. The van der Waals surface area contributed by atoms with Gasteiger partial charge in [0.15, 0.2) is 5.84 Å². The standard InChI is InChI=1S/C12H17N5O2/c1-7(13)16-17-11(15)9-4-2-8(3-5-9)6-10(14)12(18)19/h2-5,10H,6,14H2,1H3,(H2,13,16)(H2,15,17)(H,18,19). The molecule has 0 aromatic heterocycles. The minimum atomic E-state index is -1.03. The molecule has 0 bridgehead atoms. The second-order valence-corrected chi connectivity index (χ2v) is 4.07. The molecule has 0 aliphatic heterocycles. The SMILES string of the molecule is C/C(N)=N/N=C(\N)c1ccc(CC(N)C(=O)O)cc1. The lowest BCUT2D eigenvalue weighted by molar-refractivity contribution is -0.138. The Morgan fingerprint density at radius 2 is 1.84 bits per heavy atom. The van der Waals surface area contributed by atoms with Crippen LogP contribution in [0.1, 0.15) is 18.1 Å². The highest BCUT2D eigenvalue weighted by molar-refractivity contribution is 5.97. The van der Waals surface area contributed by atoms with Crippen molar-refractivity contribution in [3.63, 3.8) is 0 Å². The van der Waals surface area contributed by atoms with E-state index >= 15 is 0 Å². The van der Waals surface area contributed by atoms with Gasteiger partial charge in [-0.05, 0) is 18.9 Å². The van der Waals surface area contributed by atoms with Gasteiger partial charge in [0.05, 0.1) is 0 Å². The summed E-state index contributed by atoms with van der Waals surface area (Å²) in [7, 11) is 0. The zero-order chi connectivity index (χ0) is 14.4. The van der Waals surface area contributed by atoms with Crippen LogP contribution in [0.5, 0.6) is 0 Å². The third kappa shape index (κ3) is 4.76. The molecule has 0 heterocycles. The quantitative estimate of drug-likeness (QED) is 0.326. The zero-order valence-electron chi connectivity index (χ0n) is 10.6. The lowest BCUT2D eigenvalue weighted by Crippen LogP contribution is -2.32. The van der Waals surface area contributed by atoms with Gasteiger partial charge in [-0.1, -0.05) is 24.3 Å². The Kier molecular flexibility index (Phi) is 5.01. The van der Waals surface area contributed by atoms with E-state index in [1.165, 1.54) is 0 Å². The number of rotatable bonds is 5. The van der Waals surface area contributed by atoms with Crippen LogP contribution in [-0.4, -0.2) is 28.8 Å². The van der Waals surface area contributed by atoms with Gasteiger partial charge in [0, 0.05) is 5.56 Å². The number of aliphatic carboxylic acids is 1. The predicted octanol–water partition coefficient (Wildman–Crippen LogP) is -0.362. The molecule has 1 unspecified atom stereocenters. The van der Waals surface area contributed by atoms with Crippen molar-refractivity contribution in [3.8, 4) is 0 Å². The summed E-state index contributed by atoms with van der Waals surface area (Å²) < 4.78 is 0. The second-order valence-electron chi connectivity index (χ2n) is 4.07. The van der Waals surface area contributed by atoms with Crippen LogP contribution < -0.4 is 17.2 Å². The third-order valence-electron chi connectivity index (χ3n) is 2.34. The Bertz CT molecular complexity index is 503. The summed E-state index contributed by atoms with van der Waals surface area (Å²) >= 11 is 0. The lowest BCUT2D eigenvalue weighted by atomic mass is 10.0. The Labute approximate surface area is 110 Å². The van der Waals surface area contributed by atoms with Crippen LogP contribution in [0, 0.1) is 0 Å². The van der Waals surface area contributed by atoms with Crippen LogP contribution in [0.3, 0.4) is 0 Å². The molecule has 7 nitrogen and oxygen atoms in total.